The maximum Gasteiger partial charge on any atom is 0.232 e. The first-order valence-corrected chi connectivity index (χ1v) is 8.05. The first-order chi connectivity index (χ1) is 11.7. The summed E-state index contributed by atoms with van der Waals surface area (Å²) >= 11 is 0. The lowest BCUT2D eigenvalue weighted by Crippen LogP contribution is -2.24. The summed E-state index contributed by atoms with van der Waals surface area (Å²) in [5, 5.41) is 4.05. The van der Waals surface area contributed by atoms with Gasteiger partial charge in [-0.1, -0.05) is 5.16 Å². The van der Waals surface area contributed by atoms with Gasteiger partial charge in [-0.25, -0.2) is 0 Å². The van der Waals surface area contributed by atoms with Crippen LogP contribution in [-0.4, -0.2) is 36.8 Å². The minimum absolute atomic E-state index is 0.0118. The Hall–Kier alpha value is -2.57. The van der Waals surface area contributed by atoms with Crippen LogP contribution in [0.1, 0.15) is 42.8 Å². The van der Waals surface area contributed by atoms with E-state index in [1.807, 2.05) is 6.07 Å². The number of anilines is 1. The zero-order chi connectivity index (χ0) is 16.7. The van der Waals surface area contributed by atoms with Gasteiger partial charge in [0.1, 0.15) is 11.5 Å². The van der Waals surface area contributed by atoms with E-state index >= 15 is 0 Å². The number of amides is 1. The van der Waals surface area contributed by atoms with E-state index in [9.17, 15) is 4.79 Å². The second kappa shape index (κ2) is 5.81. The number of benzene rings is 1. The molecular weight excluding hydrogens is 310 g/mol. The lowest BCUT2D eigenvalue weighted by atomic mass is 10.1. The summed E-state index contributed by atoms with van der Waals surface area (Å²) in [7, 11) is 3.18. The number of rotatable bonds is 5. The Morgan fingerprint density at radius 3 is 2.75 bits per heavy atom. The Kier molecular flexibility index (Phi) is 3.63. The van der Waals surface area contributed by atoms with Crippen LogP contribution in [0.25, 0.3) is 0 Å². The number of carbonyl (C=O) groups is 1. The van der Waals surface area contributed by atoms with Gasteiger partial charge in [0, 0.05) is 24.9 Å². The van der Waals surface area contributed by atoms with E-state index in [4.69, 9.17) is 14.0 Å². The quantitative estimate of drug-likeness (QED) is 0.838. The van der Waals surface area contributed by atoms with Crippen molar-refractivity contribution < 1.29 is 18.8 Å². The lowest BCUT2D eigenvalue weighted by Gasteiger charge is -2.20. The molecule has 4 rings (SSSR count). The number of nitrogens with zero attached hydrogens (tertiary/aromatic N) is 3. The highest BCUT2D eigenvalue weighted by atomic mass is 16.5. The van der Waals surface area contributed by atoms with Gasteiger partial charge in [0.2, 0.25) is 11.8 Å². The van der Waals surface area contributed by atoms with E-state index in [-0.39, 0.29) is 11.8 Å². The van der Waals surface area contributed by atoms with Crippen LogP contribution < -0.4 is 14.4 Å². The molecule has 1 amide bonds. The molecule has 24 heavy (non-hydrogen) atoms. The van der Waals surface area contributed by atoms with Crippen molar-refractivity contribution in [1.82, 2.24) is 10.1 Å². The molecule has 1 aliphatic heterocycles. The largest absolute Gasteiger partial charge is 0.497 e. The van der Waals surface area contributed by atoms with Crippen molar-refractivity contribution in [3.05, 3.63) is 29.9 Å². The fourth-order valence-corrected chi connectivity index (χ4v) is 3.03. The molecule has 0 N–H and O–H groups in total. The molecular formula is C17H19N3O4. The molecule has 0 radical (unpaired) electrons. The van der Waals surface area contributed by atoms with Crippen molar-refractivity contribution in [1.29, 1.82) is 0 Å². The van der Waals surface area contributed by atoms with Gasteiger partial charge < -0.3 is 18.9 Å². The predicted molar refractivity (Wildman–Crippen MR) is 85.5 cm³/mol. The normalized spacial score (nSPS) is 20.5. The van der Waals surface area contributed by atoms with Crippen LogP contribution in [0.4, 0.5) is 5.69 Å². The zero-order valence-corrected chi connectivity index (χ0v) is 13.7. The lowest BCUT2D eigenvalue weighted by molar-refractivity contribution is -0.117. The summed E-state index contributed by atoms with van der Waals surface area (Å²) in [6, 6.07) is 5.41. The SMILES string of the molecule is COc1ccc(OC)c(N2CC(c3nc(C4CC4)no3)CC2=O)c1. The van der Waals surface area contributed by atoms with Crippen molar-refractivity contribution in [2.45, 2.75) is 31.1 Å². The topological polar surface area (TPSA) is 77.7 Å². The molecule has 2 aromatic rings. The molecule has 1 saturated heterocycles. The van der Waals surface area contributed by atoms with Gasteiger partial charge in [-0.05, 0) is 25.0 Å². The van der Waals surface area contributed by atoms with Crippen LogP contribution in [0.5, 0.6) is 11.5 Å². The maximum atomic E-state index is 12.5. The smallest absolute Gasteiger partial charge is 0.232 e. The van der Waals surface area contributed by atoms with Crippen molar-refractivity contribution in [3.8, 4) is 11.5 Å². The van der Waals surface area contributed by atoms with Crippen molar-refractivity contribution in [2.24, 2.45) is 0 Å². The van der Waals surface area contributed by atoms with Gasteiger partial charge in [0.05, 0.1) is 25.8 Å². The van der Waals surface area contributed by atoms with Gasteiger partial charge in [-0.15, -0.1) is 0 Å². The van der Waals surface area contributed by atoms with E-state index in [0.717, 1.165) is 18.7 Å². The second-order valence-electron chi connectivity index (χ2n) is 6.21. The Balaban J connectivity index is 1.59. The second-order valence-corrected chi connectivity index (χ2v) is 6.21. The van der Waals surface area contributed by atoms with E-state index in [1.165, 1.54) is 0 Å². The van der Waals surface area contributed by atoms with Crippen LogP contribution in [0, 0.1) is 0 Å². The summed E-state index contributed by atoms with van der Waals surface area (Å²) in [6.07, 6.45) is 2.60. The minimum atomic E-state index is -0.0894. The molecule has 0 spiro atoms. The van der Waals surface area contributed by atoms with Gasteiger partial charge in [-0.2, -0.15) is 4.98 Å². The number of hydrogen-bond donors (Lipinski definition) is 0. The Bertz CT molecular complexity index is 769. The number of hydrogen-bond acceptors (Lipinski definition) is 6. The third-order valence-electron chi connectivity index (χ3n) is 4.55. The number of aromatic nitrogens is 2. The molecule has 0 bridgehead atoms. The molecule has 1 unspecified atom stereocenters. The molecule has 7 nitrogen and oxygen atoms in total. The summed E-state index contributed by atoms with van der Waals surface area (Å²) in [4.78, 5) is 18.7. The van der Waals surface area contributed by atoms with Gasteiger partial charge >= 0.3 is 0 Å². The third kappa shape index (κ3) is 2.60. The minimum Gasteiger partial charge on any atom is -0.497 e. The molecule has 126 valence electrons. The van der Waals surface area contributed by atoms with Crippen LogP contribution >= 0.6 is 0 Å². The monoisotopic (exact) mass is 329 g/mol. The fraction of sp³-hybridized carbons (Fsp3) is 0.471. The number of methoxy groups -OCH3 is 2. The number of ether oxygens (including phenoxy) is 2. The maximum absolute atomic E-state index is 12.5. The van der Waals surface area contributed by atoms with Gasteiger partial charge in [0.25, 0.3) is 0 Å². The van der Waals surface area contributed by atoms with E-state index in [2.05, 4.69) is 10.1 Å². The van der Waals surface area contributed by atoms with Gasteiger partial charge in [0.15, 0.2) is 5.82 Å². The first kappa shape index (κ1) is 15.0. The highest BCUT2D eigenvalue weighted by Crippen LogP contribution is 2.41. The Morgan fingerprint density at radius 1 is 1.21 bits per heavy atom. The zero-order valence-electron chi connectivity index (χ0n) is 13.7. The summed E-state index contributed by atoms with van der Waals surface area (Å²) < 4.78 is 16.0. The Labute approximate surface area is 139 Å². The molecule has 1 atom stereocenters. The van der Waals surface area contributed by atoms with Crippen LogP contribution in [0.3, 0.4) is 0 Å². The molecule has 2 aliphatic rings. The van der Waals surface area contributed by atoms with Crippen LogP contribution in [-0.2, 0) is 4.79 Å². The van der Waals surface area contributed by atoms with Crippen LogP contribution in [0.15, 0.2) is 22.7 Å². The predicted octanol–water partition coefficient (Wildman–Crippen LogP) is 2.48. The van der Waals surface area contributed by atoms with Crippen molar-refractivity contribution in [3.63, 3.8) is 0 Å². The Morgan fingerprint density at radius 2 is 2.04 bits per heavy atom. The fourth-order valence-electron chi connectivity index (χ4n) is 3.03. The summed E-state index contributed by atoms with van der Waals surface area (Å²) in [6.45, 7) is 0.495. The highest BCUT2D eigenvalue weighted by Gasteiger charge is 2.37. The van der Waals surface area contributed by atoms with Gasteiger partial charge in [-0.3, -0.25) is 4.79 Å². The molecule has 7 heteroatoms. The molecule has 1 saturated carbocycles. The van der Waals surface area contributed by atoms with E-state index in [1.54, 1.807) is 31.3 Å². The average Bonchev–Trinajstić information content (AvgIpc) is 3.21. The van der Waals surface area contributed by atoms with Crippen molar-refractivity contribution in [2.75, 3.05) is 25.7 Å². The third-order valence-corrected chi connectivity index (χ3v) is 4.55. The average molecular weight is 329 g/mol. The van der Waals surface area contributed by atoms with E-state index in [0.29, 0.717) is 42.0 Å². The summed E-state index contributed by atoms with van der Waals surface area (Å²) in [5.74, 6) is 3.00. The molecule has 1 aromatic heterocycles. The highest BCUT2D eigenvalue weighted by molar-refractivity contribution is 5.98. The van der Waals surface area contributed by atoms with Crippen LogP contribution in [0.2, 0.25) is 0 Å². The number of carbonyl (C=O) groups excluding carboxylic acids is 1. The molecule has 1 aromatic carbocycles. The standard InChI is InChI=1S/C17H19N3O4/c1-22-12-5-6-14(23-2)13(8-12)20-9-11(7-15(20)21)17-18-16(19-24-17)10-3-4-10/h5-6,8,10-11H,3-4,7,9H2,1-2H3. The molecule has 1 aliphatic carbocycles. The first-order valence-electron chi connectivity index (χ1n) is 8.05. The van der Waals surface area contributed by atoms with Crippen molar-refractivity contribution >= 4 is 11.6 Å². The summed E-state index contributed by atoms with van der Waals surface area (Å²) in [5.41, 5.74) is 0.700. The molecule has 2 fully saturated rings. The molecule has 2 heterocycles. The van der Waals surface area contributed by atoms with E-state index < -0.39 is 0 Å².